The number of ether oxygens (including phenoxy) is 1. The minimum atomic E-state index is -0.522. The van der Waals surface area contributed by atoms with E-state index >= 15 is 0 Å². The monoisotopic (exact) mass is 197 g/mol. The highest BCUT2D eigenvalue weighted by Crippen LogP contribution is 1.94. The predicted molar refractivity (Wildman–Crippen MR) is 60.0 cm³/mol. The van der Waals surface area contributed by atoms with Crippen LogP contribution in [0.2, 0.25) is 0 Å². The summed E-state index contributed by atoms with van der Waals surface area (Å²) < 4.78 is 4.36. The number of rotatable bonds is 3. The van der Waals surface area contributed by atoms with Gasteiger partial charge >= 0.3 is 6.09 Å². The molecule has 0 fully saturated rings. The third-order valence-corrected chi connectivity index (χ3v) is 1.02. The van der Waals surface area contributed by atoms with Gasteiger partial charge in [-0.3, -0.25) is 5.32 Å². The first-order chi connectivity index (χ1) is 6.56. The summed E-state index contributed by atoms with van der Waals surface area (Å²) in [6.07, 6.45) is 2.88. The van der Waals surface area contributed by atoms with Crippen molar-refractivity contribution in [3.05, 3.63) is 36.6 Å². The molecule has 0 rings (SSSR count). The van der Waals surface area contributed by atoms with Gasteiger partial charge in [-0.15, -0.1) is 0 Å². The van der Waals surface area contributed by atoms with E-state index in [-0.39, 0.29) is 0 Å². The molecule has 0 atom stereocenters. The van der Waals surface area contributed by atoms with E-state index in [1.54, 1.807) is 12.2 Å². The second kappa shape index (κ2) is 9.58. The third kappa shape index (κ3) is 10.5. The maximum Gasteiger partial charge on any atom is 0.411 e. The van der Waals surface area contributed by atoms with Gasteiger partial charge in [-0.1, -0.05) is 38.7 Å². The molecule has 0 aromatic carbocycles. The van der Waals surface area contributed by atoms with Gasteiger partial charge in [0.05, 0.1) is 7.11 Å². The summed E-state index contributed by atoms with van der Waals surface area (Å²) in [6.45, 7) is 13.1. The van der Waals surface area contributed by atoms with Crippen molar-refractivity contribution in [2.75, 3.05) is 7.11 Å². The van der Waals surface area contributed by atoms with E-state index < -0.39 is 6.09 Å². The molecule has 0 aromatic rings. The molecule has 0 bridgehead atoms. The molecule has 0 aliphatic carbocycles. The molecule has 0 spiro atoms. The highest BCUT2D eigenvalue weighted by Gasteiger charge is 1.96. The summed E-state index contributed by atoms with van der Waals surface area (Å²) in [5.74, 6) is 0. The Morgan fingerprint density at radius 2 is 1.79 bits per heavy atom. The molecule has 0 saturated heterocycles. The van der Waals surface area contributed by atoms with Crippen molar-refractivity contribution < 1.29 is 9.53 Å². The average Bonchev–Trinajstić information content (AvgIpc) is 2.17. The fourth-order valence-corrected chi connectivity index (χ4v) is 0.467. The molecule has 14 heavy (non-hydrogen) atoms. The van der Waals surface area contributed by atoms with E-state index in [0.29, 0.717) is 5.70 Å². The summed E-state index contributed by atoms with van der Waals surface area (Å²) in [7, 11) is 1.30. The Labute approximate surface area is 86.2 Å². The normalized spacial score (nSPS) is 8.57. The van der Waals surface area contributed by atoms with Crippen molar-refractivity contribution in [3.8, 4) is 0 Å². The first-order valence-corrected chi connectivity index (χ1v) is 4.43. The lowest BCUT2D eigenvalue weighted by molar-refractivity contribution is 0.174. The van der Waals surface area contributed by atoms with Gasteiger partial charge in [0.15, 0.2) is 0 Å². The highest BCUT2D eigenvalue weighted by molar-refractivity contribution is 5.69. The first kappa shape index (κ1) is 15.0. The number of amides is 1. The van der Waals surface area contributed by atoms with Crippen LogP contribution in [0.5, 0.6) is 0 Å². The number of alkyl carbamates (subject to hydrolysis) is 1. The SMILES string of the molecule is C=C(C)/C=C\C(=C)NC(=O)OC.CC. The van der Waals surface area contributed by atoms with Crippen molar-refractivity contribution in [3.63, 3.8) is 0 Å². The Bertz CT molecular complexity index is 229. The maximum absolute atomic E-state index is 10.6. The summed E-state index contributed by atoms with van der Waals surface area (Å²) in [6, 6.07) is 0. The van der Waals surface area contributed by atoms with Crippen LogP contribution in [0.25, 0.3) is 0 Å². The van der Waals surface area contributed by atoms with Crippen LogP contribution >= 0.6 is 0 Å². The minimum absolute atomic E-state index is 0.477. The Morgan fingerprint density at radius 3 is 2.14 bits per heavy atom. The van der Waals surface area contributed by atoms with Crippen molar-refractivity contribution >= 4 is 6.09 Å². The molecule has 0 saturated carbocycles. The van der Waals surface area contributed by atoms with Gasteiger partial charge in [0.25, 0.3) is 0 Å². The number of carbonyl (C=O) groups excluding carboxylic acids is 1. The minimum Gasteiger partial charge on any atom is -0.453 e. The molecule has 3 heteroatoms. The zero-order valence-electron chi connectivity index (χ0n) is 9.39. The summed E-state index contributed by atoms with van der Waals surface area (Å²) >= 11 is 0. The zero-order valence-corrected chi connectivity index (χ0v) is 9.39. The lowest BCUT2D eigenvalue weighted by Gasteiger charge is -2.01. The van der Waals surface area contributed by atoms with E-state index in [1.165, 1.54) is 7.11 Å². The molecule has 0 aliphatic rings. The third-order valence-electron chi connectivity index (χ3n) is 1.02. The van der Waals surface area contributed by atoms with Gasteiger partial charge in [0.2, 0.25) is 0 Å². The van der Waals surface area contributed by atoms with Gasteiger partial charge in [-0.25, -0.2) is 4.79 Å². The van der Waals surface area contributed by atoms with E-state index in [9.17, 15) is 4.79 Å². The van der Waals surface area contributed by atoms with Crippen LogP contribution in [0, 0.1) is 0 Å². The first-order valence-electron chi connectivity index (χ1n) is 4.43. The standard InChI is InChI=1S/C9H13NO2.C2H6/c1-7(2)5-6-8(3)10-9(11)12-4;1-2/h5-6H,1,3H2,2,4H3,(H,10,11);1-2H3/b6-5-;. The molecule has 0 radical (unpaired) electrons. The van der Waals surface area contributed by atoms with E-state index in [0.717, 1.165) is 5.57 Å². The summed E-state index contributed by atoms with van der Waals surface area (Å²) in [5, 5.41) is 2.40. The van der Waals surface area contributed by atoms with Crippen LogP contribution in [0.1, 0.15) is 20.8 Å². The van der Waals surface area contributed by atoms with Gasteiger partial charge in [0.1, 0.15) is 0 Å². The zero-order chi connectivity index (χ0) is 11.6. The summed E-state index contributed by atoms with van der Waals surface area (Å²) in [5.41, 5.74) is 1.37. The highest BCUT2D eigenvalue weighted by atomic mass is 16.5. The Kier molecular flexibility index (Phi) is 10.3. The largest absolute Gasteiger partial charge is 0.453 e. The van der Waals surface area contributed by atoms with Crippen LogP contribution in [0.4, 0.5) is 4.79 Å². The number of carbonyl (C=O) groups is 1. The second-order valence-corrected chi connectivity index (χ2v) is 2.32. The topological polar surface area (TPSA) is 38.3 Å². The molecule has 0 heterocycles. The second-order valence-electron chi connectivity index (χ2n) is 2.32. The van der Waals surface area contributed by atoms with Gasteiger partial charge in [0, 0.05) is 5.70 Å². The fourth-order valence-electron chi connectivity index (χ4n) is 0.467. The fraction of sp³-hybridized carbons (Fsp3) is 0.364. The van der Waals surface area contributed by atoms with Gasteiger partial charge in [-0.05, 0) is 13.0 Å². The predicted octanol–water partition coefficient (Wildman–Crippen LogP) is 3.01. The maximum atomic E-state index is 10.6. The van der Waals surface area contributed by atoms with Crippen molar-refractivity contribution in [1.82, 2.24) is 5.32 Å². The number of methoxy groups -OCH3 is 1. The average molecular weight is 197 g/mol. The Hall–Kier alpha value is -1.51. The number of hydrogen-bond donors (Lipinski definition) is 1. The van der Waals surface area contributed by atoms with E-state index in [2.05, 4.69) is 23.2 Å². The van der Waals surface area contributed by atoms with E-state index in [4.69, 9.17) is 0 Å². The van der Waals surface area contributed by atoms with Crippen LogP contribution in [-0.4, -0.2) is 13.2 Å². The van der Waals surface area contributed by atoms with Crippen molar-refractivity contribution in [1.29, 1.82) is 0 Å². The van der Waals surface area contributed by atoms with Crippen LogP contribution in [-0.2, 0) is 4.74 Å². The van der Waals surface area contributed by atoms with Gasteiger partial charge < -0.3 is 4.74 Å². The lowest BCUT2D eigenvalue weighted by Crippen LogP contribution is -2.20. The number of hydrogen-bond acceptors (Lipinski definition) is 2. The molecule has 0 unspecified atom stereocenters. The lowest BCUT2D eigenvalue weighted by atomic mass is 10.3. The molecule has 0 aromatic heterocycles. The molecular weight excluding hydrogens is 178 g/mol. The van der Waals surface area contributed by atoms with Crippen LogP contribution < -0.4 is 5.32 Å². The Balaban J connectivity index is 0. The summed E-state index contributed by atoms with van der Waals surface area (Å²) in [4.78, 5) is 10.6. The van der Waals surface area contributed by atoms with Crippen molar-refractivity contribution in [2.45, 2.75) is 20.8 Å². The van der Waals surface area contributed by atoms with E-state index in [1.807, 2.05) is 20.8 Å². The molecule has 0 aliphatic heterocycles. The Morgan fingerprint density at radius 1 is 1.29 bits per heavy atom. The molecular formula is C11H19NO2. The quantitative estimate of drug-likeness (QED) is 0.706. The molecule has 80 valence electrons. The number of allylic oxidation sites excluding steroid dienone is 3. The molecule has 1 amide bonds. The smallest absolute Gasteiger partial charge is 0.411 e. The molecule has 1 N–H and O–H groups in total. The molecule has 3 nitrogen and oxygen atoms in total. The van der Waals surface area contributed by atoms with Crippen molar-refractivity contribution in [2.24, 2.45) is 0 Å². The van der Waals surface area contributed by atoms with Gasteiger partial charge in [-0.2, -0.15) is 0 Å². The van der Waals surface area contributed by atoms with Crippen LogP contribution in [0.3, 0.4) is 0 Å². The van der Waals surface area contributed by atoms with Crippen LogP contribution in [0.15, 0.2) is 36.6 Å². The number of nitrogens with one attached hydrogen (secondary N) is 1.